The van der Waals surface area contributed by atoms with Crippen molar-refractivity contribution in [3.8, 4) is 22.3 Å². The SMILES string of the molecule is FC(F)C(F)(F)C(F)(F)C(F)(F)C(F)(F)C(F)(F)C(F)(F)C(F)(F)c1ccc(-c2ccc(-c3ccc(S)cc3)cc2)cc1. The lowest BCUT2D eigenvalue weighted by atomic mass is 9.87. The summed E-state index contributed by atoms with van der Waals surface area (Å²) < 4.78 is 218. The molecule has 3 aromatic carbocycles. The zero-order valence-electron chi connectivity index (χ0n) is 20.5. The summed E-state index contributed by atoms with van der Waals surface area (Å²) in [4.78, 5) is 0.657. The van der Waals surface area contributed by atoms with Crippen molar-refractivity contribution in [3.05, 3.63) is 78.4 Å². The van der Waals surface area contributed by atoms with E-state index in [4.69, 9.17) is 0 Å². The first-order valence-electron chi connectivity index (χ1n) is 11.3. The highest BCUT2D eigenvalue weighted by atomic mass is 32.1. The van der Waals surface area contributed by atoms with Crippen LogP contribution in [0.5, 0.6) is 0 Å². The van der Waals surface area contributed by atoms with Crippen LogP contribution in [0.4, 0.5) is 70.2 Å². The lowest BCUT2D eigenvalue weighted by molar-refractivity contribution is -0.448. The van der Waals surface area contributed by atoms with Crippen LogP contribution in [-0.2, 0) is 5.92 Å². The van der Waals surface area contributed by atoms with Crippen LogP contribution in [0.2, 0.25) is 0 Å². The summed E-state index contributed by atoms with van der Waals surface area (Å²) >= 11 is 4.13. The molecule has 3 aromatic rings. The predicted octanol–water partition coefficient (Wildman–Crippen LogP) is 10.5. The molecule has 0 aliphatic rings. The second-order valence-electron chi connectivity index (χ2n) is 9.07. The van der Waals surface area contributed by atoms with Crippen LogP contribution in [0.3, 0.4) is 0 Å². The van der Waals surface area contributed by atoms with Gasteiger partial charge < -0.3 is 0 Å². The Labute approximate surface area is 236 Å². The quantitative estimate of drug-likeness (QED) is 0.162. The van der Waals surface area contributed by atoms with E-state index in [1.807, 2.05) is 0 Å². The third-order valence-corrected chi connectivity index (χ3v) is 6.63. The average molecular weight is 662 g/mol. The summed E-state index contributed by atoms with van der Waals surface area (Å²) in [5.41, 5.74) is -0.627. The Morgan fingerprint density at radius 1 is 0.395 bits per heavy atom. The minimum absolute atomic E-state index is 0.00842. The molecule has 0 N–H and O–H groups in total. The fourth-order valence-electron chi connectivity index (χ4n) is 3.70. The largest absolute Gasteiger partial charge is 0.385 e. The molecule has 17 heteroatoms. The Balaban J connectivity index is 1.96. The molecule has 0 fully saturated rings. The van der Waals surface area contributed by atoms with Crippen molar-refractivity contribution in [2.45, 2.75) is 52.8 Å². The van der Waals surface area contributed by atoms with E-state index in [9.17, 15) is 70.2 Å². The Morgan fingerprint density at radius 2 is 0.674 bits per heavy atom. The fraction of sp³-hybridized carbons (Fsp3) is 0.308. The molecule has 0 spiro atoms. The standard InChI is InChI=1S/C26H14F16S/c27-19(28)21(31,32)23(35,36)25(39,40)26(41,42)24(37,38)22(33,34)20(29,30)17-9-5-15(6-10-17)13-1-3-14(4-2-13)16-7-11-18(43)12-8-16/h1-12,19,43H. The fourth-order valence-corrected chi connectivity index (χ4v) is 3.85. The molecule has 0 heterocycles. The van der Waals surface area contributed by atoms with Crippen LogP contribution in [0.25, 0.3) is 22.3 Å². The lowest BCUT2D eigenvalue weighted by Crippen LogP contribution is -2.73. The summed E-state index contributed by atoms with van der Waals surface area (Å²) in [5.74, 6) is -54.8. The summed E-state index contributed by atoms with van der Waals surface area (Å²) in [7, 11) is 0. The number of alkyl halides is 16. The predicted molar refractivity (Wildman–Crippen MR) is 124 cm³/mol. The Kier molecular flexibility index (Phi) is 8.64. The highest BCUT2D eigenvalue weighted by Gasteiger charge is 2.93. The van der Waals surface area contributed by atoms with Gasteiger partial charge in [-0.15, -0.1) is 12.6 Å². The number of halogens is 16. The van der Waals surface area contributed by atoms with E-state index in [1.54, 1.807) is 24.3 Å². The van der Waals surface area contributed by atoms with Crippen molar-refractivity contribution < 1.29 is 70.2 Å². The highest BCUT2D eigenvalue weighted by molar-refractivity contribution is 7.80. The van der Waals surface area contributed by atoms with Gasteiger partial charge >= 0.3 is 47.9 Å². The number of thiol groups is 1. The zero-order chi connectivity index (χ0) is 33.0. The molecule has 0 radical (unpaired) electrons. The maximum atomic E-state index is 14.5. The van der Waals surface area contributed by atoms with Gasteiger partial charge in [-0.25, -0.2) is 8.78 Å². The summed E-state index contributed by atoms with van der Waals surface area (Å²) in [6.07, 6.45) is -5.88. The number of rotatable bonds is 10. The number of hydrogen-bond donors (Lipinski definition) is 1. The molecule has 0 amide bonds. The van der Waals surface area contributed by atoms with Crippen LogP contribution < -0.4 is 0 Å². The summed E-state index contributed by atoms with van der Waals surface area (Å²) in [6, 6.07) is 13.9. The first-order valence-corrected chi connectivity index (χ1v) is 11.8. The van der Waals surface area contributed by atoms with Crippen LogP contribution in [0.1, 0.15) is 5.56 Å². The monoisotopic (exact) mass is 662 g/mol. The van der Waals surface area contributed by atoms with Gasteiger partial charge in [-0.2, -0.15) is 61.5 Å². The van der Waals surface area contributed by atoms with Crippen molar-refractivity contribution in [2.24, 2.45) is 0 Å². The Bertz CT molecular complexity index is 1410. The van der Waals surface area contributed by atoms with Gasteiger partial charge in [0, 0.05) is 10.5 Å². The summed E-state index contributed by atoms with van der Waals surface area (Å²) in [6.45, 7) is 0. The molecule has 0 bridgehead atoms. The van der Waals surface area contributed by atoms with Gasteiger partial charge in [-0.3, -0.25) is 0 Å². The molecule has 0 saturated carbocycles. The van der Waals surface area contributed by atoms with E-state index in [0.717, 1.165) is 5.56 Å². The normalized spacial score (nSPS) is 14.4. The van der Waals surface area contributed by atoms with Gasteiger partial charge in [-0.1, -0.05) is 60.7 Å². The number of hydrogen-bond acceptors (Lipinski definition) is 1. The van der Waals surface area contributed by atoms with Crippen molar-refractivity contribution in [1.29, 1.82) is 0 Å². The average Bonchev–Trinajstić information content (AvgIpc) is 2.93. The Morgan fingerprint density at radius 3 is 1.02 bits per heavy atom. The minimum atomic E-state index is -8.43. The van der Waals surface area contributed by atoms with E-state index in [1.165, 1.54) is 24.3 Å². The van der Waals surface area contributed by atoms with Crippen LogP contribution >= 0.6 is 12.6 Å². The molecule has 236 valence electrons. The van der Waals surface area contributed by atoms with Gasteiger partial charge in [0.15, 0.2) is 0 Å². The van der Waals surface area contributed by atoms with Crippen LogP contribution in [-0.4, -0.2) is 42.0 Å². The van der Waals surface area contributed by atoms with E-state index in [-0.39, 0.29) is 23.3 Å². The molecular weight excluding hydrogens is 648 g/mol. The first-order chi connectivity index (χ1) is 19.4. The molecular formula is C26H14F16S. The topological polar surface area (TPSA) is 0 Å². The van der Waals surface area contributed by atoms with Gasteiger partial charge in [0.05, 0.1) is 0 Å². The molecule has 0 aromatic heterocycles. The molecule has 0 atom stereocenters. The van der Waals surface area contributed by atoms with Gasteiger partial charge in [0.1, 0.15) is 0 Å². The highest BCUT2D eigenvalue weighted by Crippen LogP contribution is 2.64. The maximum absolute atomic E-state index is 14.5. The third-order valence-electron chi connectivity index (χ3n) is 6.33. The molecule has 0 aliphatic carbocycles. The maximum Gasteiger partial charge on any atom is 0.385 e. The first kappa shape index (κ1) is 34.4. The van der Waals surface area contributed by atoms with Crippen LogP contribution in [0, 0.1) is 0 Å². The smallest absolute Gasteiger partial charge is 0.203 e. The molecule has 0 nitrogen and oxygen atoms in total. The Hall–Kier alpha value is -3.11. The summed E-state index contributed by atoms with van der Waals surface area (Å²) in [5, 5.41) is 0. The minimum Gasteiger partial charge on any atom is -0.203 e. The van der Waals surface area contributed by atoms with E-state index in [2.05, 4.69) is 12.6 Å². The van der Waals surface area contributed by atoms with Gasteiger partial charge in [-0.05, 0) is 34.4 Å². The van der Waals surface area contributed by atoms with Crippen molar-refractivity contribution in [2.75, 3.05) is 0 Å². The molecule has 0 aliphatic heterocycles. The molecule has 0 saturated heterocycles. The van der Waals surface area contributed by atoms with E-state index in [0.29, 0.717) is 22.6 Å². The third kappa shape index (κ3) is 5.20. The van der Waals surface area contributed by atoms with Crippen molar-refractivity contribution >= 4 is 12.6 Å². The van der Waals surface area contributed by atoms with Gasteiger partial charge in [0.25, 0.3) is 0 Å². The lowest BCUT2D eigenvalue weighted by Gasteiger charge is -2.42. The van der Waals surface area contributed by atoms with Gasteiger partial charge in [0.2, 0.25) is 0 Å². The zero-order valence-corrected chi connectivity index (χ0v) is 21.4. The van der Waals surface area contributed by atoms with E-state index >= 15 is 0 Å². The van der Waals surface area contributed by atoms with Crippen molar-refractivity contribution in [3.63, 3.8) is 0 Å². The second kappa shape index (κ2) is 10.8. The molecule has 0 unspecified atom stereocenters. The van der Waals surface area contributed by atoms with E-state index < -0.39 is 53.4 Å². The number of benzene rings is 3. The van der Waals surface area contributed by atoms with Crippen LogP contribution in [0.15, 0.2) is 77.7 Å². The second-order valence-corrected chi connectivity index (χ2v) is 9.59. The molecule has 43 heavy (non-hydrogen) atoms. The molecule has 3 rings (SSSR count). The van der Waals surface area contributed by atoms with Crippen molar-refractivity contribution in [1.82, 2.24) is 0 Å².